The molecule has 0 radical (unpaired) electrons. The third-order valence-corrected chi connectivity index (χ3v) is 2.67. The smallest absolute Gasteiger partial charge is 0.354 e. The van der Waals surface area contributed by atoms with E-state index in [-0.39, 0.29) is 5.69 Å². The Balaban J connectivity index is 2.31. The average Bonchev–Trinajstić information content (AvgIpc) is 2.68. The monoisotopic (exact) mass is 233 g/mol. The van der Waals surface area contributed by atoms with Crippen LogP contribution >= 0.6 is 0 Å². The van der Waals surface area contributed by atoms with Crippen molar-refractivity contribution in [2.24, 2.45) is 5.92 Å². The molecule has 0 saturated heterocycles. The number of carboxylic acids is 1. The average molecular weight is 233 g/mol. The van der Waals surface area contributed by atoms with Gasteiger partial charge in [-0.2, -0.15) is 0 Å². The minimum absolute atomic E-state index is 0.0339. The fraction of sp³-hybridized carbons (Fsp3) is 0.417. The molecule has 90 valence electrons. The number of fused-ring (bicyclic) bond motifs is 1. The molecule has 2 aromatic rings. The van der Waals surface area contributed by atoms with E-state index in [2.05, 4.69) is 23.8 Å². The van der Waals surface area contributed by atoms with Crippen LogP contribution in [0.1, 0.15) is 30.8 Å². The molecule has 0 bridgehead atoms. The van der Waals surface area contributed by atoms with Gasteiger partial charge in [0.05, 0.1) is 23.6 Å². The molecule has 2 rings (SSSR count). The van der Waals surface area contributed by atoms with Crippen LogP contribution in [0.4, 0.5) is 0 Å². The van der Waals surface area contributed by atoms with Crippen LogP contribution in [0.15, 0.2) is 18.6 Å². The van der Waals surface area contributed by atoms with Crippen LogP contribution in [0.2, 0.25) is 0 Å². The molecule has 5 nitrogen and oxygen atoms in total. The van der Waals surface area contributed by atoms with Crippen LogP contribution < -0.4 is 0 Å². The molecular formula is C12H15N3O2. The SMILES string of the molecule is CC(C)CCn1cnc2cc(C(=O)O)ncc21. The van der Waals surface area contributed by atoms with Gasteiger partial charge in [0.1, 0.15) is 5.69 Å². The highest BCUT2D eigenvalue weighted by molar-refractivity contribution is 5.89. The number of carbonyl (C=O) groups is 1. The molecule has 2 aromatic heterocycles. The van der Waals surface area contributed by atoms with Gasteiger partial charge in [0.15, 0.2) is 0 Å². The summed E-state index contributed by atoms with van der Waals surface area (Å²) in [5.74, 6) is -0.401. The fourth-order valence-corrected chi connectivity index (χ4v) is 1.65. The number of aryl methyl sites for hydroxylation is 1. The van der Waals surface area contributed by atoms with E-state index in [1.807, 2.05) is 4.57 Å². The van der Waals surface area contributed by atoms with Gasteiger partial charge in [-0.3, -0.25) is 0 Å². The lowest BCUT2D eigenvalue weighted by molar-refractivity contribution is 0.0690. The topological polar surface area (TPSA) is 68.0 Å². The molecule has 2 heterocycles. The van der Waals surface area contributed by atoms with Crippen LogP contribution in [0.25, 0.3) is 11.0 Å². The number of imidazole rings is 1. The van der Waals surface area contributed by atoms with Gasteiger partial charge < -0.3 is 9.67 Å². The lowest BCUT2D eigenvalue weighted by atomic mass is 10.1. The van der Waals surface area contributed by atoms with Crippen molar-refractivity contribution in [2.75, 3.05) is 0 Å². The van der Waals surface area contributed by atoms with Gasteiger partial charge in [-0.15, -0.1) is 0 Å². The number of aromatic nitrogens is 3. The Morgan fingerprint density at radius 1 is 1.47 bits per heavy atom. The first-order chi connectivity index (χ1) is 8.08. The van der Waals surface area contributed by atoms with Crippen LogP contribution in [-0.2, 0) is 6.54 Å². The largest absolute Gasteiger partial charge is 0.477 e. The van der Waals surface area contributed by atoms with Crippen molar-refractivity contribution in [3.63, 3.8) is 0 Å². The Hall–Kier alpha value is -1.91. The molecule has 0 atom stereocenters. The van der Waals surface area contributed by atoms with Crippen LogP contribution in [0, 0.1) is 5.92 Å². The van der Waals surface area contributed by atoms with E-state index in [0.717, 1.165) is 18.5 Å². The summed E-state index contributed by atoms with van der Waals surface area (Å²) in [6, 6.07) is 1.50. The predicted molar refractivity (Wildman–Crippen MR) is 63.9 cm³/mol. The highest BCUT2D eigenvalue weighted by atomic mass is 16.4. The number of rotatable bonds is 4. The number of aromatic carboxylic acids is 1. The molecule has 1 N–H and O–H groups in total. The number of hydrogen-bond donors (Lipinski definition) is 1. The standard InChI is InChI=1S/C12H15N3O2/c1-8(2)3-4-15-7-14-9-5-10(12(16)17)13-6-11(9)15/h5-8H,3-4H2,1-2H3,(H,16,17). The summed E-state index contributed by atoms with van der Waals surface area (Å²) in [6.07, 6.45) is 4.37. The van der Waals surface area contributed by atoms with Crippen molar-refractivity contribution < 1.29 is 9.90 Å². The van der Waals surface area contributed by atoms with Crippen molar-refractivity contribution in [3.8, 4) is 0 Å². The Labute approximate surface area is 99.1 Å². The highest BCUT2D eigenvalue weighted by Crippen LogP contribution is 2.14. The second-order valence-electron chi connectivity index (χ2n) is 4.48. The van der Waals surface area contributed by atoms with E-state index >= 15 is 0 Å². The summed E-state index contributed by atoms with van der Waals surface area (Å²) in [5, 5.41) is 8.83. The molecule has 0 unspecified atom stereocenters. The molecule has 0 aliphatic heterocycles. The molecule has 17 heavy (non-hydrogen) atoms. The maximum absolute atomic E-state index is 10.8. The maximum Gasteiger partial charge on any atom is 0.354 e. The molecule has 0 amide bonds. The number of nitrogens with zero attached hydrogens (tertiary/aromatic N) is 3. The minimum Gasteiger partial charge on any atom is -0.477 e. The van der Waals surface area contributed by atoms with Gasteiger partial charge in [0, 0.05) is 6.54 Å². The Bertz CT molecular complexity index is 546. The van der Waals surface area contributed by atoms with Crippen LogP contribution in [0.5, 0.6) is 0 Å². The van der Waals surface area contributed by atoms with E-state index in [1.54, 1.807) is 12.5 Å². The third kappa shape index (κ3) is 2.43. The zero-order chi connectivity index (χ0) is 12.4. The second-order valence-corrected chi connectivity index (χ2v) is 4.48. The molecule has 0 saturated carbocycles. The Morgan fingerprint density at radius 3 is 2.88 bits per heavy atom. The van der Waals surface area contributed by atoms with Gasteiger partial charge in [-0.1, -0.05) is 13.8 Å². The normalized spacial score (nSPS) is 11.2. The fourth-order valence-electron chi connectivity index (χ4n) is 1.65. The molecule has 0 fully saturated rings. The van der Waals surface area contributed by atoms with E-state index in [1.165, 1.54) is 6.07 Å². The maximum atomic E-state index is 10.8. The number of hydrogen-bond acceptors (Lipinski definition) is 3. The minimum atomic E-state index is -1.02. The lowest BCUT2D eigenvalue weighted by Crippen LogP contribution is -2.02. The number of carboxylic acid groups (broad SMARTS) is 1. The molecule has 0 spiro atoms. The zero-order valence-electron chi connectivity index (χ0n) is 9.92. The van der Waals surface area contributed by atoms with Gasteiger partial charge >= 0.3 is 5.97 Å². The van der Waals surface area contributed by atoms with E-state index < -0.39 is 5.97 Å². The summed E-state index contributed by atoms with van der Waals surface area (Å²) in [7, 11) is 0. The molecular weight excluding hydrogens is 218 g/mol. The quantitative estimate of drug-likeness (QED) is 0.878. The summed E-state index contributed by atoms with van der Waals surface area (Å²) in [5.41, 5.74) is 1.60. The molecule has 0 aromatic carbocycles. The van der Waals surface area contributed by atoms with Gasteiger partial charge in [0.2, 0.25) is 0 Å². The number of pyridine rings is 1. The van der Waals surface area contributed by atoms with Crippen molar-refractivity contribution in [3.05, 3.63) is 24.3 Å². The highest BCUT2D eigenvalue weighted by Gasteiger charge is 2.09. The van der Waals surface area contributed by atoms with Gasteiger partial charge in [-0.25, -0.2) is 14.8 Å². The van der Waals surface area contributed by atoms with E-state index in [0.29, 0.717) is 11.4 Å². The summed E-state index contributed by atoms with van der Waals surface area (Å²) < 4.78 is 2.01. The van der Waals surface area contributed by atoms with Crippen LogP contribution in [0.3, 0.4) is 0 Å². The van der Waals surface area contributed by atoms with Crippen molar-refractivity contribution in [1.82, 2.24) is 14.5 Å². The molecule has 0 aliphatic carbocycles. The summed E-state index contributed by atoms with van der Waals surface area (Å²) >= 11 is 0. The third-order valence-electron chi connectivity index (χ3n) is 2.67. The first-order valence-electron chi connectivity index (χ1n) is 5.62. The predicted octanol–water partition coefficient (Wildman–Crippen LogP) is 2.18. The van der Waals surface area contributed by atoms with Crippen molar-refractivity contribution in [1.29, 1.82) is 0 Å². The van der Waals surface area contributed by atoms with E-state index in [9.17, 15) is 4.79 Å². The second kappa shape index (κ2) is 4.53. The van der Waals surface area contributed by atoms with Gasteiger partial charge in [0.25, 0.3) is 0 Å². The van der Waals surface area contributed by atoms with Gasteiger partial charge in [-0.05, 0) is 18.4 Å². The molecule has 5 heteroatoms. The first-order valence-corrected chi connectivity index (χ1v) is 5.62. The molecule has 0 aliphatic rings. The van der Waals surface area contributed by atoms with E-state index in [4.69, 9.17) is 5.11 Å². The first kappa shape index (κ1) is 11.6. The Kier molecular flexibility index (Phi) is 3.08. The van der Waals surface area contributed by atoms with Crippen LogP contribution in [-0.4, -0.2) is 25.6 Å². The zero-order valence-corrected chi connectivity index (χ0v) is 9.92. The van der Waals surface area contributed by atoms with Crippen molar-refractivity contribution in [2.45, 2.75) is 26.8 Å². The van der Waals surface area contributed by atoms with Crippen molar-refractivity contribution >= 4 is 17.0 Å². The Morgan fingerprint density at radius 2 is 2.24 bits per heavy atom. The summed E-state index contributed by atoms with van der Waals surface area (Å²) in [4.78, 5) is 18.9. The summed E-state index contributed by atoms with van der Waals surface area (Å²) in [6.45, 7) is 5.21. The lowest BCUT2D eigenvalue weighted by Gasteiger charge is -2.06.